The topological polar surface area (TPSA) is 29.3 Å². The SMILES string of the molecule is CN(C)C[C@H](N)Cc1ccc(Cl)c(Cl)c1. The summed E-state index contributed by atoms with van der Waals surface area (Å²) in [6, 6.07) is 5.77. The van der Waals surface area contributed by atoms with E-state index in [0.717, 1.165) is 18.5 Å². The molecule has 0 fully saturated rings. The third-order valence-corrected chi connectivity index (χ3v) is 2.82. The van der Waals surface area contributed by atoms with Crippen molar-refractivity contribution in [3.63, 3.8) is 0 Å². The average Bonchev–Trinajstić information content (AvgIpc) is 2.10. The van der Waals surface area contributed by atoms with Crippen LogP contribution in [0.25, 0.3) is 0 Å². The first kappa shape index (κ1) is 12.8. The molecule has 0 aliphatic rings. The summed E-state index contributed by atoms with van der Waals surface area (Å²) in [5.74, 6) is 0. The van der Waals surface area contributed by atoms with Crippen molar-refractivity contribution in [2.24, 2.45) is 5.73 Å². The molecule has 0 aliphatic heterocycles. The Bertz CT molecular complexity index is 326. The molecule has 1 aromatic rings. The van der Waals surface area contributed by atoms with E-state index in [9.17, 15) is 0 Å². The van der Waals surface area contributed by atoms with Crippen LogP contribution in [0.2, 0.25) is 10.0 Å². The van der Waals surface area contributed by atoms with Crippen LogP contribution in [-0.4, -0.2) is 31.6 Å². The van der Waals surface area contributed by atoms with Gasteiger partial charge in [0.1, 0.15) is 0 Å². The van der Waals surface area contributed by atoms with Gasteiger partial charge in [0, 0.05) is 12.6 Å². The van der Waals surface area contributed by atoms with Gasteiger partial charge in [0.25, 0.3) is 0 Å². The zero-order chi connectivity index (χ0) is 11.4. The summed E-state index contributed by atoms with van der Waals surface area (Å²) in [5.41, 5.74) is 7.10. The van der Waals surface area contributed by atoms with Gasteiger partial charge in [-0.1, -0.05) is 29.3 Å². The minimum absolute atomic E-state index is 0.122. The standard InChI is InChI=1S/C11H16Cl2N2/c1-15(2)7-9(14)5-8-3-4-10(12)11(13)6-8/h3-4,6,9H,5,7,14H2,1-2H3/t9-/m1/s1. The highest BCUT2D eigenvalue weighted by atomic mass is 35.5. The fourth-order valence-corrected chi connectivity index (χ4v) is 1.82. The lowest BCUT2D eigenvalue weighted by atomic mass is 10.1. The normalized spacial score (nSPS) is 13.2. The van der Waals surface area contributed by atoms with Crippen molar-refractivity contribution in [1.82, 2.24) is 4.90 Å². The molecule has 0 bridgehead atoms. The van der Waals surface area contributed by atoms with Crippen molar-refractivity contribution < 1.29 is 0 Å². The summed E-state index contributed by atoms with van der Waals surface area (Å²) < 4.78 is 0. The Labute approximate surface area is 101 Å². The van der Waals surface area contributed by atoms with E-state index in [1.165, 1.54) is 0 Å². The maximum atomic E-state index is 5.98. The van der Waals surface area contributed by atoms with Crippen LogP contribution in [0.4, 0.5) is 0 Å². The number of hydrogen-bond donors (Lipinski definition) is 1. The minimum Gasteiger partial charge on any atom is -0.326 e. The molecule has 2 N–H and O–H groups in total. The van der Waals surface area contributed by atoms with Crippen molar-refractivity contribution in [2.75, 3.05) is 20.6 Å². The Balaban J connectivity index is 2.60. The molecule has 0 saturated heterocycles. The van der Waals surface area contributed by atoms with Crippen LogP contribution < -0.4 is 5.73 Å². The molecule has 0 spiro atoms. The average molecular weight is 247 g/mol. The highest BCUT2D eigenvalue weighted by Gasteiger charge is 2.06. The minimum atomic E-state index is 0.122. The maximum absolute atomic E-state index is 5.98. The zero-order valence-electron chi connectivity index (χ0n) is 9.00. The molecule has 0 radical (unpaired) electrons. The monoisotopic (exact) mass is 246 g/mol. The summed E-state index contributed by atoms with van der Waals surface area (Å²) in [6.45, 7) is 0.861. The van der Waals surface area contributed by atoms with Crippen molar-refractivity contribution in [3.05, 3.63) is 33.8 Å². The molecular formula is C11H16Cl2N2. The third kappa shape index (κ3) is 4.39. The van der Waals surface area contributed by atoms with Gasteiger partial charge in [-0.05, 0) is 38.2 Å². The van der Waals surface area contributed by atoms with E-state index in [1.54, 1.807) is 0 Å². The number of nitrogens with two attached hydrogens (primary N) is 1. The van der Waals surface area contributed by atoms with Crippen LogP contribution in [0.3, 0.4) is 0 Å². The molecule has 0 aliphatic carbocycles. The first-order valence-electron chi connectivity index (χ1n) is 4.83. The first-order valence-corrected chi connectivity index (χ1v) is 5.59. The summed E-state index contributed by atoms with van der Waals surface area (Å²) in [5, 5.41) is 1.17. The second-order valence-corrected chi connectivity index (χ2v) is 4.79. The number of benzene rings is 1. The molecule has 1 rings (SSSR count). The smallest absolute Gasteiger partial charge is 0.0595 e. The van der Waals surface area contributed by atoms with Gasteiger partial charge < -0.3 is 10.6 Å². The van der Waals surface area contributed by atoms with Gasteiger partial charge in [-0.2, -0.15) is 0 Å². The molecule has 15 heavy (non-hydrogen) atoms. The predicted octanol–water partition coefficient (Wildman–Crippen LogP) is 2.42. The Morgan fingerprint density at radius 1 is 1.27 bits per heavy atom. The van der Waals surface area contributed by atoms with Crippen LogP contribution >= 0.6 is 23.2 Å². The number of hydrogen-bond acceptors (Lipinski definition) is 2. The van der Waals surface area contributed by atoms with E-state index in [1.807, 2.05) is 32.3 Å². The predicted molar refractivity (Wildman–Crippen MR) is 66.7 cm³/mol. The highest BCUT2D eigenvalue weighted by Crippen LogP contribution is 2.22. The van der Waals surface area contributed by atoms with Gasteiger partial charge >= 0.3 is 0 Å². The Morgan fingerprint density at radius 2 is 1.93 bits per heavy atom. The van der Waals surface area contributed by atoms with Gasteiger partial charge in [-0.3, -0.25) is 0 Å². The Kier molecular flexibility index (Phi) is 4.87. The van der Waals surface area contributed by atoms with Crippen LogP contribution in [0, 0.1) is 0 Å². The van der Waals surface area contributed by atoms with Gasteiger partial charge in [0.05, 0.1) is 10.0 Å². The summed E-state index contributed by atoms with van der Waals surface area (Å²) in [7, 11) is 4.02. The van der Waals surface area contributed by atoms with E-state index >= 15 is 0 Å². The molecule has 1 atom stereocenters. The first-order chi connectivity index (χ1) is 6.99. The second-order valence-electron chi connectivity index (χ2n) is 3.97. The molecule has 4 heteroatoms. The fourth-order valence-electron chi connectivity index (χ4n) is 1.50. The molecule has 0 amide bonds. The van der Waals surface area contributed by atoms with Crippen LogP contribution in [0.1, 0.15) is 5.56 Å². The van der Waals surface area contributed by atoms with E-state index in [4.69, 9.17) is 28.9 Å². The third-order valence-electron chi connectivity index (χ3n) is 2.08. The van der Waals surface area contributed by atoms with E-state index in [2.05, 4.69) is 4.90 Å². The molecular weight excluding hydrogens is 231 g/mol. The van der Waals surface area contributed by atoms with Crippen molar-refractivity contribution >= 4 is 23.2 Å². The van der Waals surface area contributed by atoms with Crippen LogP contribution in [0.5, 0.6) is 0 Å². The van der Waals surface area contributed by atoms with Crippen LogP contribution in [0.15, 0.2) is 18.2 Å². The van der Waals surface area contributed by atoms with E-state index in [-0.39, 0.29) is 6.04 Å². The molecule has 2 nitrogen and oxygen atoms in total. The lowest BCUT2D eigenvalue weighted by Crippen LogP contribution is -2.34. The molecule has 1 aromatic carbocycles. The summed E-state index contributed by atoms with van der Waals surface area (Å²) in [4.78, 5) is 2.07. The molecule has 0 aromatic heterocycles. The van der Waals surface area contributed by atoms with Gasteiger partial charge in [0.2, 0.25) is 0 Å². The molecule has 0 saturated carbocycles. The maximum Gasteiger partial charge on any atom is 0.0595 e. The second kappa shape index (κ2) is 5.71. The highest BCUT2D eigenvalue weighted by molar-refractivity contribution is 6.42. The lowest BCUT2D eigenvalue weighted by Gasteiger charge is -2.16. The van der Waals surface area contributed by atoms with Crippen molar-refractivity contribution in [3.8, 4) is 0 Å². The van der Waals surface area contributed by atoms with E-state index in [0.29, 0.717) is 10.0 Å². The Hall–Kier alpha value is -0.280. The number of rotatable bonds is 4. The largest absolute Gasteiger partial charge is 0.326 e. The van der Waals surface area contributed by atoms with Crippen LogP contribution in [-0.2, 0) is 6.42 Å². The molecule has 84 valence electrons. The zero-order valence-corrected chi connectivity index (χ0v) is 10.5. The van der Waals surface area contributed by atoms with E-state index < -0.39 is 0 Å². The molecule has 0 heterocycles. The van der Waals surface area contributed by atoms with Crippen molar-refractivity contribution in [2.45, 2.75) is 12.5 Å². The van der Waals surface area contributed by atoms with Gasteiger partial charge in [0.15, 0.2) is 0 Å². The fraction of sp³-hybridized carbons (Fsp3) is 0.455. The Morgan fingerprint density at radius 3 is 2.47 bits per heavy atom. The van der Waals surface area contributed by atoms with Gasteiger partial charge in [-0.15, -0.1) is 0 Å². The van der Waals surface area contributed by atoms with Crippen molar-refractivity contribution in [1.29, 1.82) is 0 Å². The number of halogens is 2. The van der Waals surface area contributed by atoms with Gasteiger partial charge in [-0.25, -0.2) is 0 Å². The number of nitrogens with zero attached hydrogens (tertiary/aromatic N) is 1. The number of likely N-dealkylation sites (N-methyl/N-ethyl adjacent to an activating group) is 1. The summed E-state index contributed by atoms with van der Waals surface area (Å²) in [6.07, 6.45) is 0.815. The quantitative estimate of drug-likeness (QED) is 0.885. The summed E-state index contributed by atoms with van der Waals surface area (Å²) >= 11 is 11.7. The lowest BCUT2D eigenvalue weighted by molar-refractivity contribution is 0.371. The molecule has 0 unspecified atom stereocenters.